The van der Waals surface area contributed by atoms with E-state index in [0.29, 0.717) is 6.04 Å². The van der Waals surface area contributed by atoms with Gasteiger partial charge < -0.3 is 10.2 Å². The molecule has 0 saturated heterocycles. The predicted octanol–water partition coefficient (Wildman–Crippen LogP) is 3.01. The fourth-order valence-electron chi connectivity index (χ4n) is 2.29. The summed E-state index contributed by atoms with van der Waals surface area (Å²) in [5.74, 6) is 0.841. The fourth-order valence-corrected chi connectivity index (χ4v) is 2.29. The Morgan fingerprint density at radius 1 is 1.31 bits per heavy atom. The van der Waals surface area contributed by atoms with Gasteiger partial charge in [0.15, 0.2) is 0 Å². The SMILES string of the molecule is CCCCNC(=O)N(C)C1CCC(C)CC1. The van der Waals surface area contributed by atoms with Gasteiger partial charge in [-0.1, -0.05) is 20.3 Å². The number of hydrogen-bond acceptors (Lipinski definition) is 1. The van der Waals surface area contributed by atoms with Gasteiger partial charge in [-0.25, -0.2) is 4.79 Å². The lowest BCUT2D eigenvalue weighted by atomic mass is 9.87. The summed E-state index contributed by atoms with van der Waals surface area (Å²) in [5, 5.41) is 2.98. The molecular weight excluding hydrogens is 200 g/mol. The largest absolute Gasteiger partial charge is 0.338 e. The molecule has 1 saturated carbocycles. The molecule has 0 heterocycles. The van der Waals surface area contributed by atoms with E-state index in [1.165, 1.54) is 25.7 Å². The molecule has 0 radical (unpaired) electrons. The number of unbranched alkanes of at least 4 members (excludes halogenated alkanes) is 1. The average molecular weight is 226 g/mol. The maximum Gasteiger partial charge on any atom is 0.317 e. The van der Waals surface area contributed by atoms with Crippen molar-refractivity contribution in [2.75, 3.05) is 13.6 Å². The summed E-state index contributed by atoms with van der Waals surface area (Å²) in [5.41, 5.74) is 0. The molecule has 94 valence electrons. The zero-order chi connectivity index (χ0) is 12.0. The van der Waals surface area contributed by atoms with E-state index in [-0.39, 0.29) is 6.03 Å². The van der Waals surface area contributed by atoms with E-state index in [0.717, 1.165) is 25.3 Å². The molecule has 1 aliphatic carbocycles. The molecule has 1 fully saturated rings. The first-order chi connectivity index (χ1) is 7.65. The Hall–Kier alpha value is -0.730. The molecule has 0 aromatic heterocycles. The van der Waals surface area contributed by atoms with Crippen molar-refractivity contribution < 1.29 is 4.79 Å². The first-order valence-electron chi connectivity index (χ1n) is 6.65. The lowest BCUT2D eigenvalue weighted by Crippen LogP contribution is -2.45. The van der Waals surface area contributed by atoms with E-state index in [1.807, 2.05) is 11.9 Å². The first-order valence-corrected chi connectivity index (χ1v) is 6.65. The molecule has 0 spiro atoms. The van der Waals surface area contributed by atoms with Gasteiger partial charge in [-0.3, -0.25) is 0 Å². The molecule has 3 nitrogen and oxygen atoms in total. The van der Waals surface area contributed by atoms with Crippen LogP contribution in [0.2, 0.25) is 0 Å². The molecule has 0 aromatic carbocycles. The highest BCUT2D eigenvalue weighted by atomic mass is 16.2. The number of rotatable bonds is 4. The van der Waals surface area contributed by atoms with Crippen molar-refractivity contribution in [1.82, 2.24) is 10.2 Å². The van der Waals surface area contributed by atoms with Crippen LogP contribution in [0.5, 0.6) is 0 Å². The average Bonchev–Trinajstić information content (AvgIpc) is 2.29. The lowest BCUT2D eigenvalue weighted by molar-refractivity contribution is 0.163. The summed E-state index contributed by atoms with van der Waals surface area (Å²) in [7, 11) is 1.93. The van der Waals surface area contributed by atoms with Gasteiger partial charge in [0.1, 0.15) is 0 Å². The molecule has 0 unspecified atom stereocenters. The second-order valence-corrected chi connectivity index (χ2v) is 5.11. The minimum absolute atomic E-state index is 0.105. The van der Waals surface area contributed by atoms with Crippen LogP contribution in [-0.4, -0.2) is 30.6 Å². The van der Waals surface area contributed by atoms with Crippen molar-refractivity contribution in [2.45, 2.75) is 58.4 Å². The van der Waals surface area contributed by atoms with E-state index in [9.17, 15) is 4.79 Å². The van der Waals surface area contributed by atoms with Gasteiger partial charge >= 0.3 is 6.03 Å². The van der Waals surface area contributed by atoms with E-state index in [4.69, 9.17) is 0 Å². The molecule has 3 heteroatoms. The topological polar surface area (TPSA) is 32.3 Å². The number of hydrogen-bond donors (Lipinski definition) is 1. The van der Waals surface area contributed by atoms with Gasteiger partial charge in [0.2, 0.25) is 0 Å². The molecule has 0 aromatic rings. The maximum atomic E-state index is 11.8. The Bertz CT molecular complexity index is 210. The van der Waals surface area contributed by atoms with Crippen LogP contribution < -0.4 is 5.32 Å². The van der Waals surface area contributed by atoms with Crippen molar-refractivity contribution in [3.05, 3.63) is 0 Å². The van der Waals surface area contributed by atoms with Crippen molar-refractivity contribution in [2.24, 2.45) is 5.92 Å². The van der Waals surface area contributed by atoms with Crippen molar-refractivity contribution in [3.8, 4) is 0 Å². The van der Waals surface area contributed by atoms with Crippen molar-refractivity contribution in [3.63, 3.8) is 0 Å². The zero-order valence-electron chi connectivity index (χ0n) is 11.0. The molecule has 1 rings (SSSR count). The van der Waals surface area contributed by atoms with Gasteiger partial charge in [0, 0.05) is 19.6 Å². The lowest BCUT2D eigenvalue weighted by Gasteiger charge is -2.33. The molecular formula is C13H26N2O. The first kappa shape index (κ1) is 13.3. The number of nitrogens with zero attached hydrogens (tertiary/aromatic N) is 1. The highest BCUT2D eigenvalue weighted by Crippen LogP contribution is 2.26. The smallest absolute Gasteiger partial charge is 0.317 e. The van der Waals surface area contributed by atoms with Crippen LogP contribution in [0.1, 0.15) is 52.4 Å². The quantitative estimate of drug-likeness (QED) is 0.734. The summed E-state index contributed by atoms with van der Waals surface area (Å²) in [4.78, 5) is 13.7. The van der Waals surface area contributed by atoms with Gasteiger partial charge in [-0.15, -0.1) is 0 Å². The molecule has 1 N–H and O–H groups in total. The Balaban J connectivity index is 2.27. The third-order valence-corrected chi connectivity index (χ3v) is 3.66. The predicted molar refractivity (Wildman–Crippen MR) is 67.5 cm³/mol. The Morgan fingerprint density at radius 2 is 1.94 bits per heavy atom. The van der Waals surface area contributed by atoms with E-state index in [1.54, 1.807) is 0 Å². The van der Waals surface area contributed by atoms with Crippen molar-refractivity contribution in [1.29, 1.82) is 0 Å². The van der Waals surface area contributed by atoms with E-state index < -0.39 is 0 Å². The number of amides is 2. The molecule has 0 bridgehead atoms. The van der Waals surface area contributed by atoms with Crippen LogP contribution in [0.3, 0.4) is 0 Å². The van der Waals surface area contributed by atoms with Gasteiger partial charge in [-0.05, 0) is 38.0 Å². The summed E-state index contributed by atoms with van der Waals surface area (Å²) in [6.07, 6.45) is 7.05. The normalized spacial score (nSPS) is 25.2. The maximum absolute atomic E-state index is 11.8. The minimum Gasteiger partial charge on any atom is -0.338 e. The third kappa shape index (κ3) is 4.03. The van der Waals surface area contributed by atoms with Crippen LogP contribution in [0.15, 0.2) is 0 Å². The summed E-state index contributed by atoms with van der Waals surface area (Å²) >= 11 is 0. The van der Waals surface area contributed by atoms with E-state index in [2.05, 4.69) is 19.2 Å². The van der Waals surface area contributed by atoms with Crippen LogP contribution in [0.25, 0.3) is 0 Å². The van der Waals surface area contributed by atoms with Gasteiger partial charge in [0.25, 0.3) is 0 Å². The van der Waals surface area contributed by atoms with Crippen LogP contribution in [0, 0.1) is 5.92 Å². The standard InChI is InChI=1S/C13H26N2O/c1-4-5-10-14-13(16)15(3)12-8-6-11(2)7-9-12/h11-12H,4-10H2,1-3H3,(H,14,16). The van der Waals surface area contributed by atoms with Gasteiger partial charge in [0.05, 0.1) is 0 Å². The number of carbonyl (C=O) groups is 1. The monoisotopic (exact) mass is 226 g/mol. The number of urea groups is 1. The molecule has 0 aliphatic heterocycles. The van der Waals surface area contributed by atoms with Crippen LogP contribution >= 0.6 is 0 Å². The Morgan fingerprint density at radius 3 is 2.50 bits per heavy atom. The van der Waals surface area contributed by atoms with Gasteiger partial charge in [-0.2, -0.15) is 0 Å². The fraction of sp³-hybridized carbons (Fsp3) is 0.923. The Labute approximate surface area is 99.6 Å². The van der Waals surface area contributed by atoms with Crippen LogP contribution in [0.4, 0.5) is 4.79 Å². The second kappa shape index (κ2) is 6.77. The molecule has 16 heavy (non-hydrogen) atoms. The molecule has 0 atom stereocenters. The Kier molecular flexibility index (Phi) is 5.64. The van der Waals surface area contributed by atoms with E-state index >= 15 is 0 Å². The van der Waals surface area contributed by atoms with Crippen molar-refractivity contribution >= 4 is 6.03 Å². The number of nitrogens with one attached hydrogen (secondary N) is 1. The molecule has 2 amide bonds. The number of carbonyl (C=O) groups excluding carboxylic acids is 1. The molecule has 1 aliphatic rings. The second-order valence-electron chi connectivity index (χ2n) is 5.11. The third-order valence-electron chi connectivity index (χ3n) is 3.66. The highest BCUT2D eigenvalue weighted by Gasteiger charge is 2.24. The summed E-state index contributed by atoms with van der Waals surface area (Å²) < 4.78 is 0. The summed E-state index contributed by atoms with van der Waals surface area (Å²) in [6.45, 7) is 5.25. The summed E-state index contributed by atoms with van der Waals surface area (Å²) in [6, 6.07) is 0.561. The van der Waals surface area contributed by atoms with Crippen LogP contribution in [-0.2, 0) is 0 Å². The zero-order valence-corrected chi connectivity index (χ0v) is 11.0. The minimum atomic E-state index is 0.105. The highest BCUT2D eigenvalue weighted by molar-refractivity contribution is 5.74.